The molecule has 0 aliphatic rings. The summed E-state index contributed by atoms with van der Waals surface area (Å²) in [4.78, 5) is 37.0. The van der Waals surface area contributed by atoms with E-state index >= 15 is 0 Å². The minimum atomic E-state index is -0.834. The van der Waals surface area contributed by atoms with E-state index in [4.69, 9.17) is 4.74 Å². The Morgan fingerprint density at radius 2 is 1.52 bits per heavy atom. The number of anilines is 1. The average molecular weight is 368 g/mol. The van der Waals surface area contributed by atoms with E-state index in [9.17, 15) is 14.4 Å². The zero-order valence-electron chi connectivity index (χ0n) is 15.9. The van der Waals surface area contributed by atoms with Crippen molar-refractivity contribution in [2.45, 2.75) is 39.3 Å². The van der Waals surface area contributed by atoms with E-state index in [1.165, 1.54) is 0 Å². The van der Waals surface area contributed by atoms with Gasteiger partial charge in [0.1, 0.15) is 11.6 Å². The van der Waals surface area contributed by atoms with Crippen molar-refractivity contribution >= 4 is 23.5 Å². The molecule has 2 rings (SSSR count). The van der Waals surface area contributed by atoms with E-state index < -0.39 is 23.6 Å². The van der Waals surface area contributed by atoms with Crippen LogP contribution in [0.25, 0.3) is 0 Å². The number of hydrogen-bond donors (Lipinski definition) is 2. The van der Waals surface area contributed by atoms with Gasteiger partial charge < -0.3 is 15.4 Å². The maximum Gasteiger partial charge on any atom is 0.408 e. The van der Waals surface area contributed by atoms with Crippen molar-refractivity contribution in [2.24, 2.45) is 0 Å². The number of hydrogen-bond acceptors (Lipinski definition) is 4. The van der Waals surface area contributed by atoms with Crippen LogP contribution in [-0.4, -0.2) is 29.4 Å². The predicted molar refractivity (Wildman–Crippen MR) is 104 cm³/mol. The SMILES string of the molecule is C[C@H](NC(=O)OC(C)(C)C)C(=O)Nc1ccccc1C(=O)c1ccccc1. The van der Waals surface area contributed by atoms with Crippen LogP contribution in [0.1, 0.15) is 43.6 Å². The molecule has 0 aromatic heterocycles. The molecular weight excluding hydrogens is 344 g/mol. The van der Waals surface area contributed by atoms with Crippen molar-refractivity contribution in [3.05, 3.63) is 65.7 Å². The number of alkyl carbamates (subject to hydrolysis) is 1. The molecule has 0 fully saturated rings. The Labute approximate surface area is 158 Å². The van der Waals surface area contributed by atoms with Gasteiger partial charge in [0.2, 0.25) is 5.91 Å². The van der Waals surface area contributed by atoms with Gasteiger partial charge >= 0.3 is 6.09 Å². The lowest BCUT2D eigenvalue weighted by Crippen LogP contribution is -2.44. The molecule has 0 aliphatic carbocycles. The molecule has 0 saturated carbocycles. The molecule has 6 nitrogen and oxygen atoms in total. The van der Waals surface area contributed by atoms with Gasteiger partial charge in [0.25, 0.3) is 0 Å². The highest BCUT2D eigenvalue weighted by Gasteiger charge is 2.22. The Morgan fingerprint density at radius 1 is 0.926 bits per heavy atom. The number of para-hydroxylation sites is 1. The Morgan fingerprint density at radius 3 is 2.15 bits per heavy atom. The number of ketones is 1. The monoisotopic (exact) mass is 368 g/mol. The number of amides is 2. The van der Waals surface area contributed by atoms with Crippen LogP contribution in [-0.2, 0) is 9.53 Å². The number of nitrogens with one attached hydrogen (secondary N) is 2. The maximum atomic E-state index is 12.7. The van der Waals surface area contributed by atoms with Gasteiger partial charge in [0.05, 0.1) is 5.69 Å². The lowest BCUT2D eigenvalue weighted by molar-refractivity contribution is -0.117. The first-order valence-corrected chi connectivity index (χ1v) is 8.66. The van der Waals surface area contributed by atoms with E-state index in [1.807, 2.05) is 6.07 Å². The Balaban J connectivity index is 2.10. The van der Waals surface area contributed by atoms with Crippen molar-refractivity contribution in [2.75, 3.05) is 5.32 Å². The second-order valence-electron chi connectivity index (χ2n) is 7.10. The molecule has 1 atom stereocenters. The molecule has 0 spiro atoms. The third-order valence-corrected chi connectivity index (χ3v) is 3.59. The number of carbonyl (C=O) groups excluding carboxylic acids is 3. The van der Waals surface area contributed by atoms with Gasteiger partial charge in [-0.25, -0.2) is 4.79 Å². The van der Waals surface area contributed by atoms with Crippen LogP contribution < -0.4 is 10.6 Å². The van der Waals surface area contributed by atoms with Crippen LogP contribution >= 0.6 is 0 Å². The highest BCUT2D eigenvalue weighted by molar-refractivity contribution is 6.14. The summed E-state index contributed by atoms with van der Waals surface area (Å²) in [7, 11) is 0. The Kier molecular flexibility index (Phi) is 6.34. The molecule has 2 N–H and O–H groups in total. The summed E-state index contributed by atoms with van der Waals surface area (Å²) < 4.78 is 5.14. The molecule has 142 valence electrons. The standard InChI is InChI=1S/C21H24N2O4/c1-14(22-20(26)27-21(2,3)4)19(25)23-17-13-9-8-12-16(17)18(24)15-10-6-5-7-11-15/h5-14H,1-4H3,(H,22,26)(H,23,25)/t14-/m0/s1. The first-order chi connectivity index (χ1) is 12.7. The van der Waals surface area contributed by atoms with Gasteiger partial charge in [-0.3, -0.25) is 9.59 Å². The second-order valence-corrected chi connectivity index (χ2v) is 7.10. The average Bonchev–Trinajstić information content (AvgIpc) is 2.60. The van der Waals surface area contributed by atoms with Crippen molar-refractivity contribution in [1.82, 2.24) is 5.32 Å². The van der Waals surface area contributed by atoms with Gasteiger partial charge in [-0.1, -0.05) is 42.5 Å². The molecule has 2 amide bonds. The summed E-state index contributed by atoms with van der Waals surface area (Å²) in [6, 6.07) is 14.7. The summed E-state index contributed by atoms with van der Waals surface area (Å²) in [5.41, 5.74) is 0.629. The van der Waals surface area contributed by atoms with E-state index in [-0.39, 0.29) is 5.78 Å². The minimum absolute atomic E-state index is 0.195. The minimum Gasteiger partial charge on any atom is -0.444 e. The summed E-state index contributed by atoms with van der Waals surface area (Å²) >= 11 is 0. The number of carbonyl (C=O) groups is 3. The van der Waals surface area contributed by atoms with Crippen LogP contribution in [0, 0.1) is 0 Å². The summed E-state index contributed by atoms with van der Waals surface area (Å²) in [6.45, 7) is 6.76. The quantitative estimate of drug-likeness (QED) is 0.787. The van der Waals surface area contributed by atoms with Gasteiger partial charge in [-0.05, 0) is 39.8 Å². The normalized spacial score (nSPS) is 12.0. The smallest absolute Gasteiger partial charge is 0.408 e. The molecule has 2 aromatic rings. The molecule has 0 heterocycles. The lowest BCUT2D eigenvalue weighted by atomic mass is 10.0. The zero-order valence-corrected chi connectivity index (χ0v) is 15.9. The topological polar surface area (TPSA) is 84.5 Å². The highest BCUT2D eigenvalue weighted by atomic mass is 16.6. The fraction of sp³-hybridized carbons (Fsp3) is 0.286. The molecule has 27 heavy (non-hydrogen) atoms. The largest absolute Gasteiger partial charge is 0.444 e. The van der Waals surface area contributed by atoms with Crippen LogP contribution in [0.3, 0.4) is 0 Å². The summed E-state index contributed by atoms with van der Waals surface area (Å²) in [5.74, 6) is -0.645. The van der Waals surface area contributed by atoms with Crippen molar-refractivity contribution in [3.8, 4) is 0 Å². The molecule has 0 radical (unpaired) electrons. The van der Waals surface area contributed by atoms with Crippen molar-refractivity contribution in [1.29, 1.82) is 0 Å². The summed E-state index contributed by atoms with van der Waals surface area (Å²) in [5, 5.41) is 5.18. The van der Waals surface area contributed by atoms with E-state index in [2.05, 4.69) is 10.6 Å². The molecule has 0 unspecified atom stereocenters. The van der Waals surface area contributed by atoms with Gasteiger partial charge in [0, 0.05) is 11.1 Å². The lowest BCUT2D eigenvalue weighted by Gasteiger charge is -2.22. The zero-order chi connectivity index (χ0) is 20.0. The third-order valence-electron chi connectivity index (χ3n) is 3.59. The molecule has 2 aromatic carbocycles. The van der Waals surface area contributed by atoms with Crippen LogP contribution in [0.15, 0.2) is 54.6 Å². The predicted octanol–water partition coefficient (Wildman–Crippen LogP) is 3.77. The first-order valence-electron chi connectivity index (χ1n) is 8.66. The fourth-order valence-electron chi connectivity index (χ4n) is 2.33. The Bertz CT molecular complexity index is 826. The van der Waals surface area contributed by atoms with Crippen LogP contribution in [0.5, 0.6) is 0 Å². The van der Waals surface area contributed by atoms with E-state index in [0.29, 0.717) is 16.8 Å². The second kappa shape index (κ2) is 8.49. The first kappa shape index (κ1) is 20.2. The number of benzene rings is 2. The van der Waals surface area contributed by atoms with E-state index in [1.54, 1.807) is 76.2 Å². The Hall–Kier alpha value is -3.15. The van der Waals surface area contributed by atoms with Crippen LogP contribution in [0.2, 0.25) is 0 Å². The van der Waals surface area contributed by atoms with Gasteiger partial charge in [-0.2, -0.15) is 0 Å². The molecule has 6 heteroatoms. The molecular formula is C21H24N2O4. The summed E-state index contributed by atoms with van der Waals surface area (Å²) in [6.07, 6.45) is -0.682. The third kappa shape index (κ3) is 5.95. The van der Waals surface area contributed by atoms with Gasteiger partial charge in [0.15, 0.2) is 5.78 Å². The molecule has 0 bridgehead atoms. The van der Waals surface area contributed by atoms with Crippen LogP contribution in [0.4, 0.5) is 10.5 Å². The number of ether oxygens (including phenoxy) is 1. The van der Waals surface area contributed by atoms with Crippen molar-refractivity contribution < 1.29 is 19.1 Å². The highest BCUT2D eigenvalue weighted by Crippen LogP contribution is 2.19. The van der Waals surface area contributed by atoms with Gasteiger partial charge in [-0.15, -0.1) is 0 Å². The molecule has 0 saturated heterocycles. The van der Waals surface area contributed by atoms with Crippen molar-refractivity contribution in [3.63, 3.8) is 0 Å². The fourth-order valence-corrected chi connectivity index (χ4v) is 2.33. The maximum absolute atomic E-state index is 12.7. The number of rotatable bonds is 5. The molecule has 0 aliphatic heterocycles. The van der Waals surface area contributed by atoms with E-state index in [0.717, 1.165) is 0 Å².